The van der Waals surface area contributed by atoms with Gasteiger partial charge in [0.1, 0.15) is 29.7 Å². The molecule has 2 aliphatic carbocycles. The Hall–Kier alpha value is -7.93. The van der Waals surface area contributed by atoms with Crippen LogP contribution in [0.1, 0.15) is 127 Å². The number of carbonyl (C=O) groups excluding carboxylic acids is 9. The summed E-state index contributed by atoms with van der Waals surface area (Å²) in [6.45, 7) is 3.08. The number of piperidine rings is 3. The van der Waals surface area contributed by atoms with Crippen LogP contribution in [0.5, 0.6) is 0 Å². The zero-order valence-electron chi connectivity index (χ0n) is 44.8. The van der Waals surface area contributed by atoms with E-state index in [0.29, 0.717) is 61.9 Å². The van der Waals surface area contributed by atoms with E-state index in [1.165, 1.54) is 22.1 Å². The molecule has 6 fully saturated rings. The molecule has 6 heterocycles. The minimum atomic E-state index is -5.90. The van der Waals surface area contributed by atoms with Crippen molar-refractivity contribution >= 4 is 71.7 Å². The van der Waals surface area contributed by atoms with E-state index in [-0.39, 0.29) is 103 Å². The number of carbonyl (C=O) groups is 9. The first-order chi connectivity index (χ1) is 39.1. The Kier molecular flexibility index (Phi) is 15.9. The highest BCUT2D eigenvalue weighted by molar-refractivity contribution is 7.52. The molecule has 2 unspecified atom stereocenters. The van der Waals surface area contributed by atoms with E-state index in [1.54, 1.807) is 47.4 Å². The van der Waals surface area contributed by atoms with Crippen molar-refractivity contribution in [1.82, 2.24) is 41.0 Å². The van der Waals surface area contributed by atoms with E-state index >= 15 is 0 Å². The van der Waals surface area contributed by atoms with Crippen molar-refractivity contribution in [3.05, 3.63) is 112 Å². The molecule has 9 amide bonds. The molecule has 11 rings (SSSR count). The lowest BCUT2D eigenvalue weighted by atomic mass is 9.91. The largest absolute Gasteiger partial charge is 0.399 e. The SMILES string of the molecule is CCCC[C@H](NC(=O)c1cnc2ccc(C(F)(F)P(=O)(O)O)cc2c1)C(=O)N1C[C@@H]2C3[C@@H]2[C@@]31C(=O)N[C@@H](CCC(N)=O)C(=O)N[C@H](C(=O)N1CCC(CCC#Cc2cccc3c2CN(C2CCC(=O)NC2=O)C3=O)CC1)c1ccccc1. The highest BCUT2D eigenvalue weighted by Crippen LogP contribution is 2.83. The van der Waals surface area contributed by atoms with Crippen LogP contribution in [0.25, 0.3) is 10.9 Å². The molecule has 4 saturated heterocycles. The van der Waals surface area contributed by atoms with E-state index in [0.717, 1.165) is 30.2 Å². The number of amides is 9. The van der Waals surface area contributed by atoms with E-state index in [4.69, 9.17) is 5.73 Å². The minimum absolute atomic E-state index is 0.00210. The predicted octanol–water partition coefficient (Wildman–Crippen LogP) is 3.65. The van der Waals surface area contributed by atoms with Crippen LogP contribution in [-0.2, 0) is 50.3 Å². The number of primary amides is 1. The number of hydrogen-bond acceptors (Lipinski definition) is 11. The molecular weight excluding hydrogens is 1080 g/mol. The predicted molar refractivity (Wildman–Crippen MR) is 289 cm³/mol. The van der Waals surface area contributed by atoms with E-state index < -0.39 is 84.0 Å². The normalized spacial score (nSPS) is 22.9. The Balaban J connectivity index is 0.776. The number of alkyl halides is 2. The van der Waals surface area contributed by atoms with Crippen molar-refractivity contribution in [2.45, 2.75) is 119 Å². The number of rotatable bonds is 20. The lowest BCUT2D eigenvalue weighted by molar-refractivity contribution is -0.143. The fraction of sp³-hybridized carbons (Fsp3) is 0.448. The molecule has 3 aromatic carbocycles. The molecule has 5 aliphatic heterocycles. The fourth-order valence-electron chi connectivity index (χ4n) is 12.5. The Morgan fingerprint density at radius 1 is 0.915 bits per heavy atom. The number of unbranched alkanes of at least 4 members (excludes halogenated alkanes) is 1. The summed E-state index contributed by atoms with van der Waals surface area (Å²) >= 11 is 0. The Morgan fingerprint density at radius 3 is 2.35 bits per heavy atom. The number of imide groups is 1. The quantitative estimate of drug-likeness (QED) is 0.0378. The first-order valence-corrected chi connectivity index (χ1v) is 29.2. The van der Waals surface area contributed by atoms with E-state index in [2.05, 4.69) is 38.1 Å². The van der Waals surface area contributed by atoms with Gasteiger partial charge in [0, 0.05) is 85.6 Å². The minimum Gasteiger partial charge on any atom is -0.370 e. The van der Waals surface area contributed by atoms with Crippen LogP contribution in [0, 0.1) is 35.5 Å². The second-order valence-electron chi connectivity index (χ2n) is 22.1. The molecule has 82 heavy (non-hydrogen) atoms. The number of nitrogens with two attached hydrogens (primary N) is 1. The Labute approximate surface area is 470 Å². The van der Waals surface area contributed by atoms with E-state index in [1.807, 2.05) is 13.0 Å². The van der Waals surface area contributed by atoms with Crippen molar-refractivity contribution in [1.29, 1.82) is 0 Å². The summed E-state index contributed by atoms with van der Waals surface area (Å²) in [5.74, 6) is 1.31. The molecular formula is C58H62F2N9O12P. The van der Waals surface area contributed by atoms with Gasteiger partial charge in [0.25, 0.3) is 11.8 Å². The number of likely N-dealkylation sites (tertiary alicyclic amines) is 1. The molecule has 430 valence electrons. The van der Waals surface area contributed by atoms with Gasteiger partial charge in [-0.15, -0.1) is 0 Å². The summed E-state index contributed by atoms with van der Waals surface area (Å²) in [6.07, 6.45) is 4.96. The van der Waals surface area contributed by atoms with Gasteiger partial charge in [-0.1, -0.05) is 74.1 Å². The van der Waals surface area contributed by atoms with Crippen molar-refractivity contribution in [3.63, 3.8) is 0 Å². The molecule has 21 nitrogen and oxygen atoms in total. The van der Waals surface area contributed by atoms with Crippen LogP contribution in [-0.4, -0.2) is 126 Å². The first-order valence-electron chi connectivity index (χ1n) is 27.6. The second kappa shape index (κ2) is 22.8. The molecule has 1 aromatic heterocycles. The van der Waals surface area contributed by atoms with Gasteiger partial charge in [0.2, 0.25) is 41.4 Å². The van der Waals surface area contributed by atoms with E-state index in [9.17, 15) is 66.3 Å². The number of fused-ring (bicyclic) bond motifs is 3. The molecule has 2 saturated carbocycles. The lowest BCUT2D eigenvalue weighted by Gasteiger charge is -2.35. The van der Waals surface area contributed by atoms with Crippen molar-refractivity contribution < 1.29 is 66.3 Å². The van der Waals surface area contributed by atoms with Crippen LogP contribution in [0.15, 0.2) is 79.0 Å². The maximum atomic E-state index is 14.6. The van der Waals surface area contributed by atoms with Gasteiger partial charge in [-0.25, -0.2) is 0 Å². The van der Waals surface area contributed by atoms with Crippen LogP contribution in [0.2, 0.25) is 0 Å². The lowest BCUT2D eigenvalue weighted by Crippen LogP contribution is -2.59. The van der Waals surface area contributed by atoms with Gasteiger partial charge in [-0.2, -0.15) is 8.78 Å². The average molecular weight is 1150 g/mol. The van der Waals surface area contributed by atoms with Crippen molar-refractivity contribution in [2.75, 3.05) is 19.6 Å². The number of benzene rings is 3. The van der Waals surface area contributed by atoms with Crippen LogP contribution < -0.4 is 27.0 Å². The van der Waals surface area contributed by atoms with Crippen LogP contribution >= 0.6 is 7.60 Å². The number of aromatic nitrogens is 1. The Morgan fingerprint density at radius 2 is 1.66 bits per heavy atom. The fourth-order valence-corrected chi connectivity index (χ4v) is 12.9. The average Bonchev–Trinajstić information content (AvgIpc) is 1.43. The summed E-state index contributed by atoms with van der Waals surface area (Å²) in [5, 5.41) is 10.7. The van der Waals surface area contributed by atoms with Gasteiger partial charge in [-0.05, 0) is 91.8 Å². The highest BCUT2D eigenvalue weighted by Gasteiger charge is 2.94. The van der Waals surface area contributed by atoms with Crippen LogP contribution in [0.4, 0.5) is 8.78 Å². The summed E-state index contributed by atoms with van der Waals surface area (Å²) in [5.41, 5.74) is 1.14. The molecule has 24 heteroatoms. The molecule has 4 aromatic rings. The number of hydrogen-bond donors (Lipinski definition) is 7. The monoisotopic (exact) mass is 1150 g/mol. The molecule has 2 bridgehead atoms. The number of halogens is 2. The Bertz CT molecular complexity index is 3400. The third-order valence-electron chi connectivity index (χ3n) is 17.0. The van der Waals surface area contributed by atoms with Gasteiger partial charge in [0.05, 0.1) is 11.1 Å². The van der Waals surface area contributed by atoms with Crippen LogP contribution in [0.3, 0.4) is 0 Å². The molecule has 8 N–H and O–H groups in total. The first kappa shape index (κ1) is 57.3. The van der Waals surface area contributed by atoms with Gasteiger partial charge < -0.3 is 46.2 Å². The molecule has 7 aliphatic rings. The highest BCUT2D eigenvalue weighted by atomic mass is 31.2. The molecule has 0 radical (unpaired) electrons. The molecule has 0 spiro atoms. The summed E-state index contributed by atoms with van der Waals surface area (Å²) in [4.78, 5) is 149. The summed E-state index contributed by atoms with van der Waals surface area (Å²) in [7, 11) is -5.90. The summed E-state index contributed by atoms with van der Waals surface area (Å²) in [6, 6.07) is 13.5. The number of pyridine rings is 1. The zero-order valence-corrected chi connectivity index (χ0v) is 45.7. The molecule has 8 atom stereocenters. The summed E-state index contributed by atoms with van der Waals surface area (Å²) < 4.78 is 40.9. The van der Waals surface area contributed by atoms with Crippen molar-refractivity contribution in [3.8, 4) is 11.8 Å². The third-order valence-corrected chi connectivity index (χ3v) is 18.0. The smallest absolute Gasteiger partial charge is 0.370 e. The topological polar surface area (TPSA) is 308 Å². The maximum absolute atomic E-state index is 14.6. The van der Waals surface area contributed by atoms with Gasteiger partial charge in [-0.3, -0.25) is 58.0 Å². The third kappa shape index (κ3) is 11.0. The number of nitrogens with zero attached hydrogens (tertiary/aromatic N) is 4. The maximum Gasteiger partial charge on any atom is 0.399 e. The standard InChI is InChI=1S/C58H62F2N9O12P/c1-2-3-16-43(63-50(72)36-27-35-28-37(17-18-41(35)62-29-36)58(59,60)82(79,80)81)54(76)69-31-40-47-48(40)57(47,69)56(78)64-42(19-21-45(61)70)51(73)66-49(34-12-5-4-6-13-34)55(77)67-25-23-32(24-26-67)10-7-8-11-33-14-9-15-38-39(33)30-68(53(38)75)44-20-22-46(71)65-52(44)74/h4-6,9,12-15,17-18,27-29,32,40,42-44,47-49H,2-3,7,10,16,19-26,30-31H2,1H3,(H2,61,70)(H,63,72)(H,64,78)(H,66,73)(H,65,71,74)(H2,79,80,81)/t40-,42-,43-,44?,47+,48?,49-,57-/m0/s1. The van der Waals surface area contributed by atoms with Gasteiger partial charge in [0.15, 0.2) is 0 Å². The second-order valence-corrected chi connectivity index (χ2v) is 23.7. The number of nitrogens with one attached hydrogen (secondary N) is 4. The van der Waals surface area contributed by atoms with Gasteiger partial charge >= 0.3 is 13.3 Å². The zero-order chi connectivity index (χ0) is 58.4. The van der Waals surface area contributed by atoms with Crippen molar-refractivity contribution in [2.24, 2.45) is 29.4 Å².